The molecule has 0 spiro atoms. The second-order valence-corrected chi connectivity index (χ2v) is 6.64. The highest BCUT2D eigenvalue weighted by molar-refractivity contribution is 8.00. The quantitative estimate of drug-likeness (QED) is 0.672. The number of carbonyl (C=O) groups is 1. The smallest absolute Gasteiger partial charge is 0.313 e. The van der Waals surface area contributed by atoms with Gasteiger partial charge in [0.15, 0.2) is 11.0 Å². The Morgan fingerprint density at radius 1 is 1.35 bits per heavy atom. The lowest BCUT2D eigenvalue weighted by Gasteiger charge is -2.30. The van der Waals surface area contributed by atoms with Crippen LogP contribution in [0.25, 0.3) is 0 Å². The Labute approximate surface area is 127 Å². The lowest BCUT2D eigenvalue weighted by atomic mass is 10.0. The van der Waals surface area contributed by atoms with E-state index in [0.717, 1.165) is 24.6 Å². The number of hydrogen-bond acceptors (Lipinski definition) is 6. The summed E-state index contributed by atoms with van der Waals surface area (Å²) >= 11 is 2.92. The monoisotopic (exact) mass is 319 g/mol. The Morgan fingerprint density at radius 3 is 2.45 bits per heavy atom. The molecule has 1 heterocycles. The number of nitrogens with zero attached hydrogens (tertiary/aromatic N) is 3. The number of rotatable bonds is 9. The fourth-order valence-corrected chi connectivity index (χ4v) is 3.46. The predicted molar refractivity (Wildman–Crippen MR) is 81.1 cm³/mol. The van der Waals surface area contributed by atoms with Crippen molar-refractivity contribution in [2.24, 2.45) is 0 Å². The van der Waals surface area contributed by atoms with Gasteiger partial charge in [0, 0.05) is 11.3 Å². The molecule has 0 bridgehead atoms. The van der Waals surface area contributed by atoms with E-state index in [-0.39, 0.29) is 17.1 Å². The fourth-order valence-electron chi connectivity index (χ4n) is 1.94. The van der Waals surface area contributed by atoms with Gasteiger partial charge in [0.05, 0.1) is 5.75 Å². The van der Waals surface area contributed by atoms with Crippen LogP contribution in [0.5, 0.6) is 0 Å². The molecule has 0 atom stereocenters. The zero-order chi connectivity index (χ0) is 15.2. The van der Waals surface area contributed by atoms with Gasteiger partial charge >= 0.3 is 5.97 Å². The average molecular weight is 319 g/mol. The summed E-state index contributed by atoms with van der Waals surface area (Å²) in [6, 6.07) is 0. The lowest BCUT2D eigenvalue weighted by Crippen LogP contribution is -2.30. The minimum atomic E-state index is -0.891. The van der Waals surface area contributed by atoms with Crippen LogP contribution in [0.2, 0.25) is 0 Å². The molecule has 0 saturated heterocycles. The third-order valence-electron chi connectivity index (χ3n) is 3.43. The van der Waals surface area contributed by atoms with Gasteiger partial charge in [-0.25, -0.2) is 0 Å². The number of aliphatic hydroxyl groups excluding tert-OH is 1. The molecule has 6 nitrogen and oxygen atoms in total. The minimum absolute atomic E-state index is 0.0465. The first-order valence-corrected chi connectivity index (χ1v) is 8.65. The maximum atomic E-state index is 10.7. The molecule has 0 aliphatic heterocycles. The first-order valence-electron chi connectivity index (χ1n) is 6.44. The van der Waals surface area contributed by atoms with Crippen molar-refractivity contribution >= 4 is 29.5 Å². The van der Waals surface area contributed by atoms with Crippen molar-refractivity contribution < 1.29 is 15.0 Å². The Bertz CT molecular complexity index is 439. The summed E-state index contributed by atoms with van der Waals surface area (Å²) in [5.41, 5.74) is 0. The summed E-state index contributed by atoms with van der Waals surface area (Å²) in [6.45, 7) is 4.74. The summed E-state index contributed by atoms with van der Waals surface area (Å²) in [5.74, 6) is -0.468. The number of hydrogen-bond donors (Lipinski definition) is 2. The highest BCUT2D eigenvalue weighted by Crippen LogP contribution is 2.34. The van der Waals surface area contributed by atoms with E-state index in [1.54, 1.807) is 11.8 Å². The molecule has 20 heavy (non-hydrogen) atoms. The van der Waals surface area contributed by atoms with E-state index in [1.807, 2.05) is 4.57 Å². The highest BCUT2D eigenvalue weighted by Gasteiger charge is 2.28. The van der Waals surface area contributed by atoms with Crippen LogP contribution in [0.1, 0.15) is 32.5 Å². The molecular weight excluding hydrogens is 298 g/mol. The minimum Gasteiger partial charge on any atom is -0.481 e. The number of carboxylic acid groups (broad SMARTS) is 1. The van der Waals surface area contributed by atoms with Crippen molar-refractivity contribution in [1.29, 1.82) is 0 Å². The largest absolute Gasteiger partial charge is 0.481 e. The molecule has 0 unspecified atom stereocenters. The summed E-state index contributed by atoms with van der Waals surface area (Å²) in [6.07, 6.45) is 4.04. The molecule has 0 aliphatic carbocycles. The van der Waals surface area contributed by atoms with Gasteiger partial charge in [-0.15, -0.1) is 10.2 Å². The van der Waals surface area contributed by atoms with Gasteiger partial charge in [-0.1, -0.05) is 25.6 Å². The van der Waals surface area contributed by atoms with Crippen LogP contribution in [-0.4, -0.2) is 47.7 Å². The first kappa shape index (κ1) is 17.3. The summed E-state index contributed by atoms with van der Waals surface area (Å²) < 4.78 is 1.89. The molecule has 1 aromatic heterocycles. The maximum Gasteiger partial charge on any atom is 0.313 e. The van der Waals surface area contributed by atoms with Gasteiger partial charge in [0.25, 0.3) is 0 Å². The molecule has 8 heteroatoms. The van der Waals surface area contributed by atoms with E-state index in [0.29, 0.717) is 17.5 Å². The molecular formula is C12H21N3O3S2. The number of aromatic nitrogens is 3. The van der Waals surface area contributed by atoms with Gasteiger partial charge in [-0.05, 0) is 19.1 Å². The maximum absolute atomic E-state index is 10.7. The molecule has 0 saturated carbocycles. The third kappa shape index (κ3) is 4.13. The molecule has 2 N–H and O–H groups in total. The third-order valence-corrected chi connectivity index (χ3v) is 5.95. The van der Waals surface area contributed by atoms with Crippen molar-refractivity contribution in [2.75, 3.05) is 12.0 Å². The molecule has 0 amide bonds. The Kier molecular flexibility index (Phi) is 6.84. The first-order chi connectivity index (χ1) is 9.51. The number of carboxylic acids is 1. The topological polar surface area (TPSA) is 88.2 Å². The van der Waals surface area contributed by atoms with Crippen molar-refractivity contribution in [1.82, 2.24) is 14.8 Å². The van der Waals surface area contributed by atoms with Crippen molar-refractivity contribution in [2.45, 2.75) is 49.7 Å². The molecule has 1 aromatic rings. The molecule has 1 rings (SSSR count). The zero-order valence-electron chi connectivity index (χ0n) is 12.0. The zero-order valence-corrected chi connectivity index (χ0v) is 13.6. The molecule has 0 radical (unpaired) electrons. The molecule has 114 valence electrons. The van der Waals surface area contributed by atoms with Crippen LogP contribution in [0.4, 0.5) is 0 Å². The van der Waals surface area contributed by atoms with Gasteiger partial charge in [0.1, 0.15) is 6.61 Å². The fraction of sp³-hybridized carbons (Fsp3) is 0.750. The van der Waals surface area contributed by atoms with Crippen LogP contribution in [0.3, 0.4) is 0 Å². The predicted octanol–water partition coefficient (Wildman–Crippen LogP) is 1.87. The van der Waals surface area contributed by atoms with E-state index in [9.17, 15) is 9.90 Å². The van der Waals surface area contributed by atoms with Crippen LogP contribution < -0.4 is 0 Å². The van der Waals surface area contributed by atoms with Crippen molar-refractivity contribution in [3.05, 3.63) is 5.82 Å². The van der Waals surface area contributed by atoms with Crippen molar-refractivity contribution in [3.63, 3.8) is 0 Å². The normalized spacial score (nSPS) is 11.8. The second-order valence-electron chi connectivity index (χ2n) is 4.42. The second kappa shape index (κ2) is 7.90. The van der Waals surface area contributed by atoms with E-state index in [2.05, 4.69) is 30.3 Å². The summed E-state index contributed by atoms with van der Waals surface area (Å²) in [4.78, 5) is 10.7. The van der Waals surface area contributed by atoms with Gasteiger partial charge in [-0.3, -0.25) is 4.79 Å². The van der Waals surface area contributed by atoms with Crippen LogP contribution >= 0.6 is 23.5 Å². The van der Waals surface area contributed by atoms with Crippen LogP contribution in [0, 0.1) is 0 Å². The number of aliphatic carboxylic acids is 1. The Hall–Kier alpha value is -0.730. The summed E-state index contributed by atoms with van der Waals surface area (Å²) in [7, 11) is 0. The Balaban J connectivity index is 3.01. The Morgan fingerprint density at radius 2 is 2.00 bits per heavy atom. The van der Waals surface area contributed by atoms with Crippen molar-refractivity contribution in [3.8, 4) is 0 Å². The van der Waals surface area contributed by atoms with E-state index in [1.165, 1.54) is 0 Å². The summed E-state index contributed by atoms with van der Waals surface area (Å²) in [5, 5.41) is 26.6. The average Bonchev–Trinajstić information content (AvgIpc) is 2.84. The van der Waals surface area contributed by atoms with Gasteiger partial charge < -0.3 is 14.8 Å². The SMILES string of the molecule is CCC(CC)(Cn1c(CO)nnc1SCC(=O)O)SC. The van der Waals surface area contributed by atoms with Gasteiger partial charge in [-0.2, -0.15) is 11.8 Å². The molecule has 0 fully saturated rings. The highest BCUT2D eigenvalue weighted by atomic mass is 32.2. The van der Waals surface area contributed by atoms with Crippen LogP contribution in [0.15, 0.2) is 5.16 Å². The number of aliphatic hydroxyl groups is 1. The van der Waals surface area contributed by atoms with E-state index in [4.69, 9.17) is 5.11 Å². The lowest BCUT2D eigenvalue weighted by molar-refractivity contribution is -0.133. The standard InChI is InChI=1S/C12H21N3O3S2/c1-4-12(5-2,19-3)8-15-9(6-16)13-14-11(15)20-7-10(17)18/h16H,4-8H2,1-3H3,(H,17,18). The van der Waals surface area contributed by atoms with Crippen LogP contribution in [-0.2, 0) is 17.9 Å². The van der Waals surface area contributed by atoms with E-state index < -0.39 is 5.97 Å². The number of thioether (sulfide) groups is 2. The molecule has 0 aliphatic rings. The molecule has 0 aromatic carbocycles. The van der Waals surface area contributed by atoms with E-state index >= 15 is 0 Å². The van der Waals surface area contributed by atoms with Gasteiger partial charge in [0.2, 0.25) is 0 Å².